The highest BCUT2D eigenvalue weighted by molar-refractivity contribution is 14.1. The predicted molar refractivity (Wildman–Crippen MR) is 113 cm³/mol. The molecule has 154 valence electrons. The van der Waals surface area contributed by atoms with E-state index >= 15 is 0 Å². The van der Waals surface area contributed by atoms with E-state index in [-0.39, 0.29) is 43.9 Å². The average Bonchev–Trinajstić information content (AvgIpc) is 2.68. The summed E-state index contributed by atoms with van der Waals surface area (Å²) in [4.78, 5) is 47.6. The van der Waals surface area contributed by atoms with E-state index in [0.717, 1.165) is 5.56 Å². The smallest absolute Gasteiger partial charge is 0.247 e. The fourth-order valence-corrected chi connectivity index (χ4v) is 2.36. The van der Waals surface area contributed by atoms with Crippen LogP contribution in [0.15, 0.2) is 30.3 Å². The standard InChI is InChI=1S/C18H26IN5O4/c1-12(2)20-9-15(25)21-10-16(26)23-14(8-13-6-4-3-5-7-13)18(28)22-11-17(27)24-19/h3-7,12,14,20H,8-11H2,1-2H3,(H,21,25)(H,22,28)(H,23,26)(H,24,27)/t14-/m0/s1. The van der Waals surface area contributed by atoms with E-state index in [9.17, 15) is 19.2 Å². The molecule has 4 amide bonds. The SMILES string of the molecule is CC(C)NCC(=O)NCC(=O)N[C@@H](Cc1ccccc1)C(=O)NCC(=O)NI. The fraction of sp³-hybridized carbons (Fsp3) is 0.444. The van der Waals surface area contributed by atoms with E-state index in [1.807, 2.05) is 44.2 Å². The summed E-state index contributed by atoms with van der Waals surface area (Å²) in [7, 11) is 0. The highest BCUT2D eigenvalue weighted by Gasteiger charge is 2.22. The molecule has 1 rings (SSSR count). The van der Waals surface area contributed by atoms with Gasteiger partial charge in [-0.2, -0.15) is 0 Å². The minimum atomic E-state index is -0.873. The summed E-state index contributed by atoms with van der Waals surface area (Å²) in [5, 5.41) is 10.5. The molecule has 0 unspecified atom stereocenters. The number of hydrogen-bond donors (Lipinski definition) is 5. The minimum absolute atomic E-state index is 0.101. The van der Waals surface area contributed by atoms with Crippen molar-refractivity contribution in [2.45, 2.75) is 32.4 Å². The lowest BCUT2D eigenvalue weighted by atomic mass is 10.1. The third kappa shape index (κ3) is 10.2. The maximum absolute atomic E-state index is 12.4. The second-order valence-corrected chi connectivity index (χ2v) is 6.90. The zero-order valence-corrected chi connectivity index (χ0v) is 18.0. The normalized spacial score (nSPS) is 11.4. The van der Waals surface area contributed by atoms with Crippen LogP contribution in [0.1, 0.15) is 19.4 Å². The first kappa shape index (κ1) is 23.8. The van der Waals surface area contributed by atoms with Gasteiger partial charge in [-0.25, -0.2) is 0 Å². The summed E-state index contributed by atoms with van der Waals surface area (Å²) in [5.41, 5.74) is 0.853. The van der Waals surface area contributed by atoms with Crippen LogP contribution < -0.4 is 24.8 Å². The van der Waals surface area contributed by atoms with Crippen molar-refractivity contribution in [3.8, 4) is 0 Å². The maximum atomic E-state index is 12.4. The van der Waals surface area contributed by atoms with Crippen LogP contribution in [0.2, 0.25) is 0 Å². The van der Waals surface area contributed by atoms with Crippen LogP contribution in [0.25, 0.3) is 0 Å². The molecule has 5 N–H and O–H groups in total. The number of carbonyl (C=O) groups is 4. The zero-order valence-electron chi connectivity index (χ0n) is 15.9. The maximum Gasteiger partial charge on any atom is 0.247 e. The Kier molecular flexibility index (Phi) is 11.1. The number of carbonyl (C=O) groups excluding carboxylic acids is 4. The van der Waals surface area contributed by atoms with Crippen molar-refractivity contribution in [3.63, 3.8) is 0 Å². The lowest BCUT2D eigenvalue weighted by molar-refractivity contribution is -0.130. The molecule has 0 aliphatic rings. The molecule has 0 bridgehead atoms. The molecule has 0 spiro atoms. The molecule has 10 heteroatoms. The summed E-state index contributed by atoms with van der Waals surface area (Å²) < 4.78 is 2.38. The van der Waals surface area contributed by atoms with E-state index in [1.54, 1.807) is 22.9 Å². The number of nitrogens with one attached hydrogen (secondary N) is 5. The number of rotatable bonds is 11. The molecule has 28 heavy (non-hydrogen) atoms. The predicted octanol–water partition coefficient (Wildman–Crippen LogP) is -0.589. The average molecular weight is 503 g/mol. The first-order valence-corrected chi connectivity index (χ1v) is 9.90. The van der Waals surface area contributed by atoms with E-state index in [0.29, 0.717) is 0 Å². The molecule has 9 nitrogen and oxygen atoms in total. The molecule has 1 aromatic carbocycles. The van der Waals surface area contributed by atoms with Crippen LogP contribution in [0.4, 0.5) is 0 Å². The highest BCUT2D eigenvalue weighted by atomic mass is 127. The van der Waals surface area contributed by atoms with Crippen LogP contribution in [-0.4, -0.2) is 55.3 Å². The Labute approximate surface area is 178 Å². The Bertz CT molecular complexity index is 669. The van der Waals surface area contributed by atoms with Gasteiger partial charge in [0.2, 0.25) is 23.6 Å². The van der Waals surface area contributed by atoms with Crippen LogP contribution >= 0.6 is 22.9 Å². The summed E-state index contributed by atoms with van der Waals surface area (Å²) in [6, 6.07) is 8.46. The zero-order chi connectivity index (χ0) is 20.9. The molecule has 1 atom stereocenters. The quantitative estimate of drug-likeness (QED) is 0.204. The first-order chi connectivity index (χ1) is 13.3. The van der Waals surface area contributed by atoms with Gasteiger partial charge in [0.1, 0.15) is 6.04 Å². The van der Waals surface area contributed by atoms with Gasteiger partial charge in [0.15, 0.2) is 0 Å². The number of halogens is 1. The van der Waals surface area contributed by atoms with Crippen molar-refractivity contribution >= 4 is 46.5 Å². The summed E-state index contributed by atoms with van der Waals surface area (Å²) >= 11 is 1.68. The first-order valence-electron chi connectivity index (χ1n) is 8.82. The lowest BCUT2D eigenvalue weighted by Gasteiger charge is -2.19. The monoisotopic (exact) mass is 503 g/mol. The van der Waals surface area contributed by atoms with Crippen molar-refractivity contribution < 1.29 is 19.2 Å². The summed E-state index contributed by atoms with van der Waals surface area (Å²) in [6.07, 6.45) is 0.257. The number of hydrogen-bond acceptors (Lipinski definition) is 5. The third-order valence-electron chi connectivity index (χ3n) is 3.58. The second kappa shape index (κ2) is 13.0. The minimum Gasteiger partial charge on any atom is -0.346 e. The van der Waals surface area contributed by atoms with E-state index < -0.39 is 17.9 Å². The van der Waals surface area contributed by atoms with Crippen molar-refractivity contribution in [1.29, 1.82) is 0 Å². The van der Waals surface area contributed by atoms with Crippen molar-refractivity contribution in [2.75, 3.05) is 19.6 Å². The molecule has 0 heterocycles. The number of benzene rings is 1. The van der Waals surface area contributed by atoms with Crippen LogP contribution in [0.5, 0.6) is 0 Å². The van der Waals surface area contributed by atoms with E-state index in [4.69, 9.17) is 0 Å². The topological polar surface area (TPSA) is 128 Å². The van der Waals surface area contributed by atoms with Crippen molar-refractivity contribution in [3.05, 3.63) is 35.9 Å². The van der Waals surface area contributed by atoms with Gasteiger partial charge in [-0.1, -0.05) is 44.2 Å². The Morgan fingerprint density at radius 2 is 1.54 bits per heavy atom. The van der Waals surface area contributed by atoms with Crippen LogP contribution in [-0.2, 0) is 25.6 Å². The Morgan fingerprint density at radius 3 is 2.14 bits per heavy atom. The van der Waals surface area contributed by atoms with E-state index in [2.05, 4.69) is 24.8 Å². The van der Waals surface area contributed by atoms with Crippen molar-refractivity contribution in [2.24, 2.45) is 0 Å². The molecule has 1 aromatic rings. The molecular weight excluding hydrogens is 477 g/mol. The van der Waals surface area contributed by atoms with Crippen LogP contribution in [0, 0.1) is 0 Å². The molecule has 0 saturated heterocycles. The lowest BCUT2D eigenvalue weighted by Crippen LogP contribution is -2.52. The van der Waals surface area contributed by atoms with Gasteiger partial charge >= 0.3 is 0 Å². The molecule has 0 aliphatic heterocycles. The molecule has 0 fully saturated rings. The van der Waals surface area contributed by atoms with Gasteiger partial charge in [-0.05, 0) is 5.56 Å². The Hall–Kier alpha value is -2.21. The van der Waals surface area contributed by atoms with Gasteiger partial charge in [-0.3, -0.25) is 22.7 Å². The van der Waals surface area contributed by atoms with Gasteiger partial charge in [0.25, 0.3) is 0 Å². The summed E-state index contributed by atoms with van der Waals surface area (Å²) in [5.74, 6) is -1.65. The molecule has 0 aromatic heterocycles. The fourth-order valence-electron chi connectivity index (χ4n) is 2.17. The molecule has 0 aliphatic carbocycles. The van der Waals surface area contributed by atoms with Gasteiger partial charge < -0.3 is 21.3 Å². The van der Waals surface area contributed by atoms with Crippen LogP contribution in [0.3, 0.4) is 0 Å². The van der Waals surface area contributed by atoms with Gasteiger partial charge in [-0.15, -0.1) is 0 Å². The number of amides is 4. The molecule has 0 radical (unpaired) electrons. The second-order valence-electron chi connectivity index (χ2n) is 6.36. The van der Waals surface area contributed by atoms with Gasteiger partial charge in [0.05, 0.1) is 42.5 Å². The van der Waals surface area contributed by atoms with Gasteiger partial charge in [0, 0.05) is 12.5 Å². The highest BCUT2D eigenvalue weighted by Crippen LogP contribution is 2.03. The molecular formula is C18H26IN5O4. The van der Waals surface area contributed by atoms with E-state index in [1.165, 1.54) is 0 Å². The third-order valence-corrected chi connectivity index (χ3v) is 4.18. The van der Waals surface area contributed by atoms with Crippen molar-refractivity contribution in [1.82, 2.24) is 24.8 Å². The Morgan fingerprint density at radius 1 is 0.893 bits per heavy atom. The Balaban J connectivity index is 2.62. The largest absolute Gasteiger partial charge is 0.346 e. The summed E-state index contributed by atoms with van der Waals surface area (Å²) in [6.45, 7) is 3.48. The molecule has 0 saturated carbocycles.